The number of anilines is 1. The first-order valence-electron chi connectivity index (χ1n) is 6.92. The number of nitrogens with zero attached hydrogens (tertiary/aromatic N) is 1. The Morgan fingerprint density at radius 1 is 1.17 bits per heavy atom. The fourth-order valence-electron chi connectivity index (χ4n) is 2.28. The average Bonchev–Trinajstić information content (AvgIpc) is 2.83. The largest absolute Gasteiger partial charge is 0.478 e. The third-order valence-corrected chi connectivity index (χ3v) is 3.72. The quantitative estimate of drug-likeness (QED) is 0.663. The minimum Gasteiger partial charge on any atom is -0.478 e. The number of benzene rings is 2. The SMILES string of the molecule is O=C(O)c1ccc(/C=C2\NC(=S)N(c3ccccc3F)C2=O)cc1. The predicted octanol–water partition coefficient (Wildman–Crippen LogP) is 2.79. The lowest BCUT2D eigenvalue weighted by atomic mass is 10.1. The van der Waals surface area contributed by atoms with Gasteiger partial charge in [0.2, 0.25) is 0 Å². The average molecular weight is 342 g/mol. The van der Waals surface area contributed by atoms with Crippen LogP contribution in [-0.2, 0) is 4.79 Å². The van der Waals surface area contributed by atoms with Gasteiger partial charge in [-0.15, -0.1) is 0 Å². The molecule has 1 amide bonds. The Labute approximate surface area is 142 Å². The van der Waals surface area contributed by atoms with Crippen LogP contribution >= 0.6 is 12.2 Å². The number of halogens is 1. The number of nitrogens with one attached hydrogen (secondary N) is 1. The molecular formula is C17H11FN2O3S. The first-order valence-corrected chi connectivity index (χ1v) is 7.33. The number of carbonyl (C=O) groups is 2. The zero-order chi connectivity index (χ0) is 17.3. The Morgan fingerprint density at radius 2 is 1.83 bits per heavy atom. The fourth-order valence-corrected chi connectivity index (χ4v) is 2.57. The van der Waals surface area contributed by atoms with Crippen molar-refractivity contribution in [1.82, 2.24) is 5.32 Å². The summed E-state index contributed by atoms with van der Waals surface area (Å²) in [7, 11) is 0. The Bertz CT molecular complexity index is 878. The summed E-state index contributed by atoms with van der Waals surface area (Å²) < 4.78 is 13.9. The minimum atomic E-state index is -1.03. The van der Waals surface area contributed by atoms with Gasteiger partial charge in [-0.1, -0.05) is 24.3 Å². The van der Waals surface area contributed by atoms with Crippen molar-refractivity contribution < 1.29 is 19.1 Å². The summed E-state index contributed by atoms with van der Waals surface area (Å²) in [6.45, 7) is 0. The molecule has 0 aliphatic carbocycles. The number of hydrogen-bond donors (Lipinski definition) is 2. The van der Waals surface area contributed by atoms with E-state index >= 15 is 0 Å². The molecule has 0 unspecified atom stereocenters. The van der Waals surface area contributed by atoms with Gasteiger partial charge >= 0.3 is 5.97 Å². The van der Waals surface area contributed by atoms with Gasteiger partial charge in [-0.3, -0.25) is 4.79 Å². The Balaban J connectivity index is 1.91. The van der Waals surface area contributed by atoms with E-state index < -0.39 is 17.7 Å². The summed E-state index contributed by atoms with van der Waals surface area (Å²) in [5, 5.41) is 11.7. The van der Waals surface area contributed by atoms with E-state index in [0.29, 0.717) is 5.56 Å². The standard InChI is InChI=1S/C17H11FN2O3S/c18-12-3-1-2-4-14(12)20-15(21)13(19-17(20)24)9-10-5-7-11(8-6-10)16(22)23/h1-9H,(H,19,24)(H,22,23)/b13-9-. The lowest BCUT2D eigenvalue weighted by Crippen LogP contribution is -2.31. The number of amides is 1. The molecule has 5 nitrogen and oxygen atoms in total. The van der Waals surface area contributed by atoms with Crippen molar-refractivity contribution in [3.8, 4) is 0 Å². The van der Waals surface area contributed by atoms with Crippen molar-refractivity contribution >= 4 is 41.0 Å². The van der Waals surface area contributed by atoms with Gasteiger partial charge < -0.3 is 10.4 Å². The molecule has 2 N–H and O–H groups in total. The third kappa shape index (κ3) is 2.89. The predicted molar refractivity (Wildman–Crippen MR) is 91.0 cm³/mol. The van der Waals surface area contributed by atoms with Crippen molar-refractivity contribution in [2.75, 3.05) is 4.90 Å². The second-order valence-corrected chi connectivity index (χ2v) is 5.39. The minimum absolute atomic E-state index is 0.0737. The number of para-hydroxylation sites is 1. The Hall–Kier alpha value is -3.06. The summed E-state index contributed by atoms with van der Waals surface area (Å²) in [6, 6.07) is 11.9. The van der Waals surface area contributed by atoms with E-state index in [1.807, 2.05) is 0 Å². The van der Waals surface area contributed by atoms with Gasteiger partial charge in [-0.25, -0.2) is 14.1 Å². The summed E-state index contributed by atoms with van der Waals surface area (Å²) in [6.07, 6.45) is 1.53. The molecule has 0 atom stereocenters. The summed E-state index contributed by atoms with van der Waals surface area (Å²) in [5.41, 5.74) is 1.02. The first-order chi connectivity index (χ1) is 11.5. The maximum absolute atomic E-state index is 13.9. The molecule has 1 saturated heterocycles. The van der Waals surface area contributed by atoms with E-state index in [1.165, 1.54) is 36.4 Å². The molecule has 1 aliphatic rings. The first kappa shape index (κ1) is 15.8. The monoisotopic (exact) mass is 342 g/mol. The molecule has 0 aromatic heterocycles. The lowest BCUT2D eigenvalue weighted by Gasteiger charge is -2.14. The number of carboxylic acid groups (broad SMARTS) is 1. The van der Waals surface area contributed by atoms with Gasteiger partial charge in [0.15, 0.2) is 5.11 Å². The molecule has 1 heterocycles. The lowest BCUT2D eigenvalue weighted by molar-refractivity contribution is -0.113. The van der Waals surface area contributed by atoms with Crippen LogP contribution in [0.15, 0.2) is 54.2 Å². The van der Waals surface area contributed by atoms with Gasteiger partial charge in [0, 0.05) is 0 Å². The van der Waals surface area contributed by atoms with E-state index in [2.05, 4.69) is 5.32 Å². The zero-order valence-corrected chi connectivity index (χ0v) is 13.0. The molecule has 2 aromatic rings. The Kier molecular flexibility index (Phi) is 4.09. The van der Waals surface area contributed by atoms with Crippen molar-refractivity contribution in [3.63, 3.8) is 0 Å². The van der Waals surface area contributed by atoms with E-state index in [0.717, 1.165) is 4.90 Å². The fraction of sp³-hybridized carbons (Fsp3) is 0. The van der Waals surface area contributed by atoms with E-state index in [4.69, 9.17) is 17.3 Å². The molecule has 0 saturated carbocycles. The molecule has 1 fully saturated rings. The number of rotatable bonds is 3. The van der Waals surface area contributed by atoms with Gasteiger partial charge in [0.25, 0.3) is 5.91 Å². The second kappa shape index (κ2) is 6.21. The van der Waals surface area contributed by atoms with Crippen LogP contribution in [0, 0.1) is 5.82 Å². The highest BCUT2D eigenvalue weighted by Crippen LogP contribution is 2.25. The number of aromatic carboxylic acids is 1. The maximum atomic E-state index is 13.9. The smallest absolute Gasteiger partial charge is 0.335 e. The van der Waals surface area contributed by atoms with Gasteiger partial charge in [0.05, 0.1) is 11.3 Å². The highest BCUT2D eigenvalue weighted by molar-refractivity contribution is 7.80. The van der Waals surface area contributed by atoms with Crippen molar-refractivity contribution in [1.29, 1.82) is 0 Å². The van der Waals surface area contributed by atoms with Crippen LogP contribution in [0.5, 0.6) is 0 Å². The van der Waals surface area contributed by atoms with Crippen LogP contribution in [0.25, 0.3) is 6.08 Å². The summed E-state index contributed by atoms with van der Waals surface area (Å²) in [5.74, 6) is -2.06. The summed E-state index contributed by atoms with van der Waals surface area (Å²) in [4.78, 5) is 24.4. The normalized spacial score (nSPS) is 15.7. The molecule has 0 spiro atoms. The highest BCUT2D eigenvalue weighted by Gasteiger charge is 2.33. The van der Waals surface area contributed by atoms with Crippen molar-refractivity contribution in [2.24, 2.45) is 0 Å². The number of hydrogen-bond acceptors (Lipinski definition) is 3. The van der Waals surface area contributed by atoms with Gasteiger partial charge in [0.1, 0.15) is 11.5 Å². The van der Waals surface area contributed by atoms with E-state index in [-0.39, 0.29) is 22.1 Å². The number of carboxylic acids is 1. The van der Waals surface area contributed by atoms with Crippen LogP contribution < -0.4 is 10.2 Å². The van der Waals surface area contributed by atoms with Crippen molar-refractivity contribution in [3.05, 3.63) is 71.2 Å². The Morgan fingerprint density at radius 3 is 2.46 bits per heavy atom. The number of carbonyl (C=O) groups excluding carboxylic acids is 1. The highest BCUT2D eigenvalue weighted by atomic mass is 32.1. The van der Waals surface area contributed by atoms with E-state index in [1.54, 1.807) is 18.2 Å². The van der Waals surface area contributed by atoms with Crippen LogP contribution in [0.1, 0.15) is 15.9 Å². The topological polar surface area (TPSA) is 69.6 Å². The molecule has 3 rings (SSSR count). The maximum Gasteiger partial charge on any atom is 0.335 e. The molecule has 1 aliphatic heterocycles. The van der Waals surface area contributed by atoms with Crippen LogP contribution in [0.2, 0.25) is 0 Å². The molecule has 2 aromatic carbocycles. The summed E-state index contributed by atoms with van der Waals surface area (Å²) >= 11 is 5.12. The van der Waals surface area contributed by atoms with Crippen LogP contribution in [0.4, 0.5) is 10.1 Å². The van der Waals surface area contributed by atoms with Crippen molar-refractivity contribution in [2.45, 2.75) is 0 Å². The zero-order valence-electron chi connectivity index (χ0n) is 12.2. The number of thiocarbonyl (C=S) groups is 1. The van der Waals surface area contributed by atoms with E-state index in [9.17, 15) is 14.0 Å². The van der Waals surface area contributed by atoms with Crippen LogP contribution in [-0.4, -0.2) is 22.1 Å². The molecule has 120 valence electrons. The second-order valence-electron chi connectivity index (χ2n) is 5.01. The molecule has 0 radical (unpaired) electrons. The molecule has 0 bridgehead atoms. The molecule has 7 heteroatoms. The van der Waals surface area contributed by atoms with Crippen LogP contribution in [0.3, 0.4) is 0 Å². The third-order valence-electron chi connectivity index (χ3n) is 3.44. The molecular weight excluding hydrogens is 331 g/mol. The van der Waals surface area contributed by atoms with Gasteiger partial charge in [-0.05, 0) is 48.1 Å². The molecule has 24 heavy (non-hydrogen) atoms. The van der Waals surface area contributed by atoms with Gasteiger partial charge in [-0.2, -0.15) is 0 Å².